The third-order valence-corrected chi connectivity index (χ3v) is 5.54. The van der Waals surface area contributed by atoms with Gasteiger partial charge in [-0.3, -0.25) is 20.9 Å². The second-order valence-electron chi connectivity index (χ2n) is 7.43. The first-order chi connectivity index (χ1) is 12.4. The van der Waals surface area contributed by atoms with Crippen molar-refractivity contribution >= 4 is 11.9 Å². The smallest absolute Gasteiger partial charge is 0.226 e. The summed E-state index contributed by atoms with van der Waals surface area (Å²) in [5.74, 6) is -0.495. The van der Waals surface area contributed by atoms with E-state index in [-0.39, 0.29) is 17.8 Å². The maximum Gasteiger partial charge on any atom is 0.226 e. The molecule has 140 valence electrons. The number of nitrogens with two attached hydrogens (primary N) is 2. The average molecular weight is 358 g/mol. The third-order valence-electron chi connectivity index (χ3n) is 5.54. The van der Waals surface area contributed by atoms with E-state index in [1.807, 2.05) is 11.0 Å². The molecule has 0 spiro atoms. The molecule has 1 saturated heterocycles. The van der Waals surface area contributed by atoms with Crippen molar-refractivity contribution in [3.8, 4) is 0 Å². The number of nitrogens with one attached hydrogen (secondary N) is 2. The molecule has 0 radical (unpaired) electrons. The first-order valence-corrected chi connectivity index (χ1v) is 9.07. The Balaban J connectivity index is 1.51. The van der Waals surface area contributed by atoms with Crippen LogP contribution in [0.5, 0.6) is 0 Å². The Morgan fingerprint density at radius 3 is 2.81 bits per heavy atom. The lowest BCUT2D eigenvalue weighted by Gasteiger charge is -2.35. The van der Waals surface area contributed by atoms with Gasteiger partial charge < -0.3 is 15.5 Å². The molecule has 1 unspecified atom stereocenters. The van der Waals surface area contributed by atoms with Crippen LogP contribution in [0.15, 0.2) is 17.3 Å². The van der Waals surface area contributed by atoms with E-state index in [1.165, 1.54) is 0 Å². The average Bonchev–Trinajstić information content (AvgIpc) is 3.01. The Bertz CT molecular complexity index is 742. The number of nitrogens with zero attached hydrogens (tertiary/aromatic N) is 4. The van der Waals surface area contributed by atoms with Crippen LogP contribution in [0.4, 0.5) is 0 Å². The summed E-state index contributed by atoms with van der Waals surface area (Å²) < 4.78 is 0. The fraction of sp³-hybridized carbons (Fsp3) is 0.588. The molecule has 6 N–H and O–H groups in total. The zero-order valence-corrected chi connectivity index (χ0v) is 15.0. The van der Waals surface area contributed by atoms with Gasteiger partial charge in [-0.05, 0) is 44.6 Å². The number of fused-ring (bicyclic) bond motifs is 1. The minimum absolute atomic E-state index is 0.134. The molecule has 1 fully saturated rings. The van der Waals surface area contributed by atoms with E-state index in [1.54, 1.807) is 6.20 Å². The molecule has 4 heterocycles. The van der Waals surface area contributed by atoms with Crippen LogP contribution < -0.4 is 22.3 Å². The first kappa shape index (κ1) is 17.2. The summed E-state index contributed by atoms with van der Waals surface area (Å²) in [6.45, 7) is 3.27. The fourth-order valence-corrected chi connectivity index (χ4v) is 3.88. The zero-order chi connectivity index (χ0) is 18.3. The largest absolute Gasteiger partial charge is 0.369 e. The van der Waals surface area contributed by atoms with Crippen LogP contribution in [0.2, 0.25) is 0 Å². The van der Waals surface area contributed by atoms with Crippen LogP contribution in [0, 0.1) is 5.92 Å². The van der Waals surface area contributed by atoms with Crippen LogP contribution in [-0.4, -0.2) is 53.3 Å². The van der Waals surface area contributed by atoms with E-state index in [0.717, 1.165) is 55.7 Å². The van der Waals surface area contributed by atoms with Crippen LogP contribution >= 0.6 is 0 Å². The number of likely N-dealkylation sites (tertiary alicyclic amines) is 1. The molecule has 26 heavy (non-hydrogen) atoms. The van der Waals surface area contributed by atoms with E-state index in [2.05, 4.69) is 32.8 Å². The van der Waals surface area contributed by atoms with Crippen LogP contribution in [0.1, 0.15) is 29.7 Å². The highest BCUT2D eigenvalue weighted by molar-refractivity contribution is 5.80. The van der Waals surface area contributed by atoms with Crippen molar-refractivity contribution in [3.63, 3.8) is 0 Å². The summed E-state index contributed by atoms with van der Waals surface area (Å²) >= 11 is 0. The minimum atomic E-state index is -1.13. The molecule has 1 atom stereocenters. The van der Waals surface area contributed by atoms with E-state index in [4.69, 9.17) is 11.5 Å². The summed E-state index contributed by atoms with van der Waals surface area (Å²) in [5.41, 5.74) is 20.3. The molecule has 1 aromatic rings. The number of carbonyl (C=O) groups is 1. The summed E-state index contributed by atoms with van der Waals surface area (Å²) in [6.07, 6.45) is 4.37. The number of carbonyl (C=O) groups excluding carboxylic acids is 1. The predicted octanol–water partition coefficient (Wildman–Crippen LogP) is -1.20. The molecule has 3 aliphatic rings. The molecule has 9 nitrogen and oxygen atoms in total. The number of hydrogen-bond donors (Lipinski definition) is 4. The molecular formula is C17H26N8O. The molecule has 1 aromatic heterocycles. The Hall–Kier alpha value is -2.23. The summed E-state index contributed by atoms with van der Waals surface area (Å²) in [6, 6.07) is 1.98. The van der Waals surface area contributed by atoms with Crippen molar-refractivity contribution in [3.05, 3.63) is 29.1 Å². The van der Waals surface area contributed by atoms with E-state index in [0.29, 0.717) is 6.54 Å². The Labute approximate surface area is 152 Å². The van der Waals surface area contributed by atoms with Gasteiger partial charge in [-0.2, -0.15) is 5.43 Å². The third kappa shape index (κ3) is 3.13. The number of hydrazine groups is 1. The van der Waals surface area contributed by atoms with Gasteiger partial charge in [-0.15, -0.1) is 0 Å². The lowest BCUT2D eigenvalue weighted by atomic mass is 9.94. The highest BCUT2D eigenvalue weighted by atomic mass is 16.2. The molecule has 0 bridgehead atoms. The lowest BCUT2D eigenvalue weighted by Crippen LogP contribution is -2.51. The second-order valence-corrected chi connectivity index (χ2v) is 7.43. The maximum atomic E-state index is 12.9. The Morgan fingerprint density at radius 2 is 2.12 bits per heavy atom. The highest BCUT2D eigenvalue weighted by Gasteiger charge is 2.34. The molecular weight excluding hydrogens is 332 g/mol. The van der Waals surface area contributed by atoms with Crippen LogP contribution in [0.3, 0.4) is 0 Å². The zero-order valence-electron chi connectivity index (χ0n) is 15.0. The standard InChI is InChI=1S/C17H26N8O/c1-24-5-2-11(3-6-24)15(26)25-7-4-14-12(10-25)8-13(9-20-14)17(19)21-16(18)22-23-17/h8-9,11,23H,2-7,10,19H2,1H3,(H3,18,21,22). The van der Waals surface area contributed by atoms with Crippen molar-refractivity contribution < 1.29 is 4.79 Å². The van der Waals surface area contributed by atoms with Gasteiger partial charge in [0.05, 0.1) is 0 Å². The van der Waals surface area contributed by atoms with Crippen molar-refractivity contribution in [1.82, 2.24) is 25.6 Å². The second kappa shape index (κ2) is 6.49. The summed E-state index contributed by atoms with van der Waals surface area (Å²) in [7, 11) is 2.11. The lowest BCUT2D eigenvalue weighted by molar-refractivity contribution is -0.138. The molecule has 0 aliphatic carbocycles. The van der Waals surface area contributed by atoms with Crippen molar-refractivity contribution in [2.45, 2.75) is 31.6 Å². The quantitative estimate of drug-likeness (QED) is 0.523. The molecule has 0 aromatic carbocycles. The van der Waals surface area contributed by atoms with Gasteiger partial charge >= 0.3 is 0 Å². The maximum absolute atomic E-state index is 12.9. The van der Waals surface area contributed by atoms with E-state index in [9.17, 15) is 4.79 Å². The highest BCUT2D eigenvalue weighted by Crippen LogP contribution is 2.26. The first-order valence-electron chi connectivity index (χ1n) is 9.07. The fourth-order valence-electron chi connectivity index (χ4n) is 3.88. The molecule has 9 heteroatoms. The number of aliphatic imine (C=N–C) groups is 1. The molecule has 3 aliphatic heterocycles. The normalized spacial score (nSPS) is 27.0. The van der Waals surface area contributed by atoms with E-state index < -0.39 is 5.79 Å². The number of piperidine rings is 1. The topological polar surface area (TPSA) is 125 Å². The van der Waals surface area contributed by atoms with Gasteiger partial charge in [0.15, 0.2) is 0 Å². The van der Waals surface area contributed by atoms with E-state index >= 15 is 0 Å². The number of guanidine groups is 1. The van der Waals surface area contributed by atoms with Gasteiger partial charge in [0.1, 0.15) is 0 Å². The van der Waals surface area contributed by atoms with Crippen LogP contribution in [0.25, 0.3) is 0 Å². The van der Waals surface area contributed by atoms with Crippen molar-refractivity contribution in [1.29, 1.82) is 0 Å². The van der Waals surface area contributed by atoms with Crippen LogP contribution in [-0.2, 0) is 23.5 Å². The number of amides is 1. The summed E-state index contributed by atoms with van der Waals surface area (Å²) in [4.78, 5) is 25.9. The van der Waals surface area contributed by atoms with Gasteiger partial charge in [0, 0.05) is 42.9 Å². The number of pyridine rings is 1. The minimum Gasteiger partial charge on any atom is -0.369 e. The van der Waals surface area contributed by atoms with Gasteiger partial charge in [-0.1, -0.05) is 0 Å². The number of rotatable bonds is 2. The van der Waals surface area contributed by atoms with Crippen molar-refractivity contribution in [2.24, 2.45) is 22.4 Å². The van der Waals surface area contributed by atoms with Gasteiger partial charge in [-0.25, -0.2) is 4.99 Å². The Morgan fingerprint density at radius 1 is 1.35 bits per heavy atom. The van der Waals surface area contributed by atoms with Crippen molar-refractivity contribution in [2.75, 3.05) is 26.7 Å². The Kier molecular flexibility index (Phi) is 4.29. The summed E-state index contributed by atoms with van der Waals surface area (Å²) in [5, 5.41) is 0. The van der Waals surface area contributed by atoms with Gasteiger partial charge in [0.25, 0.3) is 0 Å². The molecule has 4 rings (SSSR count). The SMILES string of the molecule is CN1CCC(C(=O)N2CCc3ncc(C4(N)N=C(N)NN4)cc3C2)CC1. The van der Waals surface area contributed by atoms with Gasteiger partial charge in [0.2, 0.25) is 17.7 Å². The molecule has 0 saturated carbocycles. The monoisotopic (exact) mass is 358 g/mol. The molecule has 1 amide bonds. The number of hydrogen-bond acceptors (Lipinski definition) is 8. The number of aromatic nitrogens is 1. The predicted molar refractivity (Wildman–Crippen MR) is 97.3 cm³/mol.